The molecule has 0 aliphatic carbocycles. The van der Waals surface area contributed by atoms with Crippen LogP contribution in [0.1, 0.15) is 36.7 Å². The molecule has 1 aliphatic rings. The molecule has 0 N–H and O–H groups in total. The van der Waals surface area contributed by atoms with Gasteiger partial charge in [0.05, 0.1) is 6.20 Å². The van der Waals surface area contributed by atoms with Gasteiger partial charge in [-0.2, -0.15) is 0 Å². The molecule has 1 aromatic rings. The Bertz CT molecular complexity index is 353. The van der Waals surface area contributed by atoms with E-state index >= 15 is 0 Å². The van der Waals surface area contributed by atoms with E-state index in [0.717, 1.165) is 25.9 Å². The summed E-state index contributed by atoms with van der Waals surface area (Å²) in [5.74, 6) is 0.667. The van der Waals surface area contributed by atoms with Gasteiger partial charge < -0.3 is 4.90 Å². The first-order valence-electron chi connectivity index (χ1n) is 5.86. The predicted molar refractivity (Wildman–Crippen MR) is 61.0 cm³/mol. The van der Waals surface area contributed by atoms with E-state index in [4.69, 9.17) is 0 Å². The maximum atomic E-state index is 12.1. The first-order valence-corrected chi connectivity index (χ1v) is 5.86. The molecular weight excluding hydrogens is 202 g/mol. The van der Waals surface area contributed by atoms with Crippen molar-refractivity contribution in [3.05, 3.63) is 24.3 Å². The molecule has 2 heterocycles. The van der Waals surface area contributed by atoms with Crippen LogP contribution in [0.15, 0.2) is 18.6 Å². The molecule has 4 heteroatoms. The van der Waals surface area contributed by atoms with Crippen molar-refractivity contribution in [3.63, 3.8) is 0 Å². The van der Waals surface area contributed by atoms with Crippen molar-refractivity contribution in [2.24, 2.45) is 5.92 Å². The van der Waals surface area contributed by atoms with Gasteiger partial charge in [-0.3, -0.25) is 9.78 Å². The third-order valence-corrected chi connectivity index (χ3v) is 3.17. The number of hydrogen-bond donors (Lipinski definition) is 0. The number of piperidine rings is 1. The lowest BCUT2D eigenvalue weighted by atomic mass is 9.95. The zero-order valence-electron chi connectivity index (χ0n) is 9.59. The molecular formula is C12H17N3O. The molecule has 16 heavy (non-hydrogen) atoms. The van der Waals surface area contributed by atoms with E-state index in [2.05, 4.69) is 16.9 Å². The van der Waals surface area contributed by atoms with Crippen molar-refractivity contribution in [1.82, 2.24) is 14.9 Å². The fraction of sp³-hybridized carbons (Fsp3) is 0.583. The molecule has 1 atom stereocenters. The van der Waals surface area contributed by atoms with E-state index in [1.807, 2.05) is 4.90 Å². The number of rotatable bonds is 2. The van der Waals surface area contributed by atoms with E-state index in [9.17, 15) is 4.79 Å². The molecule has 0 saturated carbocycles. The molecule has 86 valence electrons. The van der Waals surface area contributed by atoms with Crippen LogP contribution < -0.4 is 0 Å². The number of nitrogens with zero attached hydrogens (tertiary/aromatic N) is 3. The van der Waals surface area contributed by atoms with Crippen molar-refractivity contribution in [1.29, 1.82) is 0 Å². The molecule has 1 aliphatic heterocycles. The van der Waals surface area contributed by atoms with Crippen molar-refractivity contribution in [2.45, 2.75) is 26.2 Å². The molecule has 1 fully saturated rings. The molecule has 0 bridgehead atoms. The zero-order chi connectivity index (χ0) is 11.4. The molecule has 1 unspecified atom stereocenters. The largest absolute Gasteiger partial charge is 0.337 e. The van der Waals surface area contributed by atoms with Gasteiger partial charge in [-0.25, -0.2) is 4.98 Å². The number of amides is 1. The van der Waals surface area contributed by atoms with Crippen LogP contribution >= 0.6 is 0 Å². The summed E-state index contributed by atoms with van der Waals surface area (Å²) in [4.78, 5) is 22.0. The summed E-state index contributed by atoms with van der Waals surface area (Å²) in [5, 5.41) is 0. The highest BCUT2D eigenvalue weighted by atomic mass is 16.2. The quantitative estimate of drug-likeness (QED) is 0.761. The van der Waals surface area contributed by atoms with E-state index < -0.39 is 0 Å². The third-order valence-electron chi connectivity index (χ3n) is 3.17. The Morgan fingerprint density at radius 2 is 2.44 bits per heavy atom. The molecule has 2 rings (SSSR count). The van der Waals surface area contributed by atoms with Crippen molar-refractivity contribution >= 4 is 5.91 Å². The molecule has 1 saturated heterocycles. The maximum absolute atomic E-state index is 12.1. The highest BCUT2D eigenvalue weighted by molar-refractivity contribution is 5.92. The Balaban J connectivity index is 2.05. The van der Waals surface area contributed by atoms with Gasteiger partial charge in [-0.1, -0.05) is 13.3 Å². The second kappa shape index (κ2) is 5.05. The number of hydrogen-bond acceptors (Lipinski definition) is 3. The molecule has 4 nitrogen and oxygen atoms in total. The van der Waals surface area contributed by atoms with Gasteiger partial charge in [0.1, 0.15) is 5.69 Å². The lowest BCUT2D eigenvalue weighted by Gasteiger charge is -2.31. The summed E-state index contributed by atoms with van der Waals surface area (Å²) in [6.45, 7) is 3.90. The Morgan fingerprint density at radius 3 is 3.12 bits per heavy atom. The average molecular weight is 219 g/mol. The van der Waals surface area contributed by atoms with E-state index in [1.165, 1.54) is 12.6 Å². The summed E-state index contributed by atoms with van der Waals surface area (Å²) < 4.78 is 0. The Hall–Kier alpha value is -1.45. The monoisotopic (exact) mass is 219 g/mol. The van der Waals surface area contributed by atoms with Crippen LogP contribution in [-0.2, 0) is 0 Å². The molecule has 0 aromatic carbocycles. The van der Waals surface area contributed by atoms with Crippen LogP contribution in [0, 0.1) is 5.92 Å². The van der Waals surface area contributed by atoms with Gasteiger partial charge in [0, 0.05) is 25.5 Å². The maximum Gasteiger partial charge on any atom is 0.274 e. The predicted octanol–water partition coefficient (Wildman–Crippen LogP) is 1.74. The molecule has 1 aromatic heterocycles. The minimum atomic E-state index is 0.0197. The van der Waals surface area contributed by atoms with Crippen LogP contribution in [-0.4, -0.2) is 33.9 Å². The lowest BCUT2D eigenvalue weighted by molar-refractivity contribution is 0.0665. The zero-order valence-corrected chi connectivity index (χ0v) is 9.59. The SMILES string of the molecule is CCC1CCCN(C(=O)c2cnccn2)C1. The van der Waals surface area contributed by atoms with Crippen molar-refractivity contribution in [2.75, 3.05) is 13.1 Å². The Morgan fingerprint density at radius 1 is 1.56 bits per heavy atom. The fourth-order valence-electron chi connectivity index (χ4n) is 2.15. The van der Waals surface area contributed by atoms with Gasteiger partial charge >= 0.3 is 0 Å². The summed E-state index contributed by atoms with van der Waals surface area (Å²) in [6.07, 6.45) is 8.17. The summed E-state index contributed by atoms with van der Waals surface area (Å²) in [6, 6.07) is 0. The normalized spacial score (nSPS) is 20.8. The molecule has 0 spiro atoms. The minimum absolute atomic E-state index is 0.0197. The van der Waals surface area contributed by atoms with Crippen molar-refractivity contribution < 1.29 is 4.79 Å². The number of likely N-dealkylation sites (tertiary alicyclic amines) is 1. The minimum Gasteiger partial charge on any atom is -0.337 e. The van der Waals surface area contributed by atoms with Crippen LogP contribution in [0.3, 0.4) is 0 Å². The highest BCUT2D eigenvalue weighted by Gasteiger charge is 2.23. The first-order chi connectivity index (χ1) is 7.81. The lowest BCUT2D eigenvalue weighted by Crippen LogP contribution is -2.40. The van der Waals surface area contributed by atoms with Crippen LogP contribution in [0.4, 0.5) is 0 Å². The molecule has 1 amide bonds. The van der Waals surface area contributed by atoms with E-state index in [0.29, 0.717) is 11.6 Å². The fourth-order valence-corrected chi connectivity index (χ4v) is 2.15. The Kier molecular flexibility index (Phi) is 3.49. The van der Waals surface area contributed by atoms with Gasteiger partial charge in [0.2, 0.25) is 0 Å². The third kappa shape index (κ3) is 2.38. The number of carbonyl (C=O) groups excluding carboxylic acids is 1. The van der Waals surface area contributed by atoms with Crippen LogP contribution in [0.25, 0.3) is 0 Å². The first kappa shape index (κ1) is 11.0. The summed E-state index contributed by atoms with van der Waals surface area (Å²) in [7, 11) is 0. The highest BCUT2D eigenvalue weighted by Crippen LogP contribution is 2.20. The number of carbonyl (C=O) groups is 1. The van der Waals surface area contributed by atoms with Crippen LogP contribution in [0.2, 0.25) is 0 Å². The second-order valence-electron chi connectivity index (χ2n) is 4.26. The summed E-state index contributed by atoms with van der Waals surface area (Å²) in [5.41, 5.74) is 0.458. The van der Waals surface area contributed by atoms with Crippen LogP contribution in [0.5, 0.6) is 0 Å². The van der Waals surface area contributed by atoms with Gasteiger partial charge in [0.15, 0.2) is 0 Å². The van der Waals surface area contributed by atoms with E-state index in [1.54, 1.807) is 12.4 Å². The van der Waals surface area contributed by atoms with Gasteiger partial charge in [-0.15, -0.1) is 0 Å². The van der Waals surface area contributed by atoms with Crippen molar-refractivity contribution in [3.8, 4) is 0 Å². The molecule has 0 radical (unpaired) electrons. The average Bonchev–Trinajstić information content (AvgIpc) is 2.39. The summed E-state index contributed by atoms with van der Waals surface area (Å²) >= 11 is 0. The topological polar surface area (TPSA) is 46.1 Å². The Labute approximate surface area is 95.7 Å². The number of aromatic nitrogens is 2. The smallest absolute Gasteiger partial charge is 0.274 e. The standard InChI is InChI=1S/C12H17N3O/c1-2-10-4-3-7-15(9-10)12(16)11-8-13-5-6-14-11/h5-6,8,10H,2-4,7,9H2,1H3. The van der Waals surface area contributed by atoms with Gasteiger partial charge in [0.25, 0.3) is 5.91 Å². The van der Waals surface area contributed by atoms with Gasteiger partial charge in [-0.05, 0) is 18.8 Å². The second-order valence-corrected chi connectivity index (χ2v) is 4.26. The van der Waals surface area contributed by atoms with E-state index in [-0.39, 0.29) is 5.91 Å².